The van der Waals surface area contributed by atoms with Gasteiger partial charge in [0.2, 0.25) is 0 Å². The van der Waals surface area contributed by atoms with Crippen molar-refractivity contribution in [3.05, 3.63) is 29.6 Å². The highest BCUT2D eigenvalue weighted by Gasteiger charge is 2.16. The molecule has 1 fully saturated rings. The zero-order valence-electron chi connectivity index (χ0n) is 10.2. The standard InChI is InChI=1S/C13H21N3/c1-11-3-4-13(10-15-11)9-12(2)16-7-5-14-6-8-16/h3-4,10,12,14H,5-9H2,1-2H3. The van der Waals surface area contributed by atoms with Crippen molar-refractivity contribution in [3.8, 4) is 0 Å². The lowest BCUT2D eigenvalue weighted by atomic mass is 10.1. The summed E-state index contributed by atoms with van der Waals surface area (Å²) < 4.78 is 0. The third-order valence-corrected chi connectivity index (χ3v) is 3.28. The average Bonchev–Trinajstić information content (AvgIpc) is 2.33. The molecule has 1 unspecified atom stereocenters. The fourth-order valence-corrected chi connectivity index (χ4v) is 2.21. The van der Waals surface area contributed by atoms with Crippen LogP contribution < -0.4 is 5.32 Å². The molecule has 0 radical (unpaired) electrons. The molecule has 3 heteroatoms. The van der Waals surface area contributed by atoms with Crippen LogP contribution in [0.3, 0.4) is 0 Å². The van der Waals surface area contributed by atoms with Gasteiger partial charge in [0, 0.05) is 44.1 Å². The van der Waals surface area contributed by atoms with Crippen LogP contribution in [0.5, 0.6) is 0 Å². The highest BCUT2D eigenvalue weighted by molar-refractivity contribution is 5.14. The molecule has 0 aromatic carbocycles. The second-order valence-corrected chi connectivity index (χ2v) is 4.65. The molecule has 0 saturated carbocycles. The highest BCUT2D eigenvalue weighted by Crippen LogP contribution is 2.09. The van der Waals surface area contributed by atoms with Gasteiger partial charge in [0.25, 0.3) is 0 Å². The monoisotopic (exact) mass is 219 g/mol. The first-order chi connectivity index (χ1) is 7.75. The van der Waals surface area contributed by atoms with Gasteiger partial charge in [-0.1, -0.05) is 6.07 Å². The maximum Gasteiger partial charge on any atom is 0.0372 e. The van der Waals surface area contributed by atoms with Crippen LogP contribution in [0.25, 0.3) is 0 Å². The molecule has 2 rings (SSSR count). The van der Waals surface area contributed by atoms with Crippen LogP contribution in [0.4, 0.5) is 0 Å². The van der Waals surface area contributed by atoms with Crippen LogP contribution >= 0.6 is 0 Å². The topological polar surface area (TPSA) is 28.2 Å². The second kappa shape index (κ2) is 5.41. The Balaban J connectivity index is 1.90. The third kappa shape index (κ3) is 3.03. The molecule has 88 valence electrons. The Bertz CT molecular complexity index is 314. The predicted molar refractivity (Wildman–Crippen MR) is 66.6 cm³/mol. The molecule has 1 saturated heterocycles. The molecule has 0 spiro atoms. The minimum Gasteiger partial charge on any atom is -0.314 e. The molecular formula is C13H21N3. The van der Waals surface area contributed by atoms with Crippen molar-refractivity contribution >= 4 is 0 Å². The van der Waals surface area contributed by atoms with Gasteiger partial charge >= 0.3 is 0 Å². The van der Waals surface area contributed by atoms with E-state index in [4.69, 9.17) is 0 Å². The van der Waals surface area contributed by atoms with Crippen molar-refractivity contribution in [1.82, 2.24) is 15.2 Å². The van der Waals surface area contributed by atoms with Crippen LogP contribution in [0.1, 0.15) is 18.2 Å². The van der Waals surface area contributed by atoms with Gasteiger partial charge in [-0.2, -0.15) is 0 Å². The van der Waals surface area contributed by atoms with Gasteiger partial charge in [-0.25, -0.2) is 0 Å². The summed E-state index contributed by atoms with van der Waals surface area (Å²) in [5, 5.41) is 3.39. The summed E-state index contributed by atoms with van der Waals surface area (Å²) in [6.07, 6.45) is 3.11. The Labute approximate surface area is 97.9 Å². The number of aryl methyl sites for hydroxylation is 1. The van der Waals surface area contributed by atoms with E-state index in [1.54, 1.807) is 0 Å². The van der Waals surface area contributed by atoms with E-state index in [1.165, 1.54) is 18.7 Å². The fraction of sp³-hybridized carbons (Fsp3) is 0.615. The van der Waals surface area contributed by atoms with Crippen LogP contribution in [0, 0.1) is 6.92 Å². The number of piperazine rings is 1. The number of nitrogens with one attached hydrogen (secondary N) is 1. The van der Waals surface area contributed by atoms with Crippen LogP contribution in [0.15, 0.2) is 18.3 Å². The van der Waals surface area contributed by atoms with Gasteiger partial charge in [-0.15, -0.1) is 0 Å². The lowest BCUT2D eigenvalue weighted by Crippen LogP contribution is -2.48. The smallest absolute Gasteiger partial charge is 0.0372 e. The highest BCUT2D eigenvalue weighted by atomic mass is 15.2. The van der Waals surface area contributed by atoms with Gasteiger partial charge in [0.1, 0.15) is 0 Å². The summed E-state index contributed by atoms with van der Waals surface area (Å²) in [5.74, 6) is 0. The molecule has 1 N–H and O–H groups in total. The molecule has 0 aliphatic carbocycles. The van der Waals surface area contributed by atoms with E-state index in [2.05, 4.69) is 34.3 Å². The van der Waals surface area contributed by atoms with E-state index in [-0.39, 0.29) is 0 Å². The first-order valence-electron chi connectivity index (χ1n) is 6.12. The Morgan fingerprint density at radius 3 is 2.75 bits per heavy atom. The summed E-state index contributed by atoms with van der Waals surface area (Å²) >= 11 is 0. The lowest BCUT2D eigenvalue weighted by molar-refractivity contribution is 0.183. The summed E-state index contributed by atoms with van der Waals surface area (Å²) in [7, 11) is 0. The van der Waals surface area contributed by atoms with Gasteiger partial charge in [-0.05, 0) is 31.9 Å². The molecule has 1 aromatic heterocycles. The van der Waals surface area contributed by atoms with Gasteiger partial charge in [0.15, 0.2) is 0 Å². The molecular weight excluding hydrogens is 198 g/mol. The van der Waals surface area contributed by atoms with E-state index < -0.39 is 0 Å². The van der Waals surface area contributed by atoms with E-state index >= 15 is 0 Å². The number of rotatable bonds is 3. The van der Waals surface area contributed by atoms with E-state index in [0.29, 0.717) is 6.04 Å². The Morgan fingerprint density at radius 2 is 2.12 bits per heavy atom. The summed E-state index contributed by atoms with van der Waals surface area (Å²) in [4.78, 5) is 6.90. The van der Waals surface area contributed by atoms with Crippen LogP contribution in [-0.4, -0.2) is 42.1 Å². The lowest BCUT2D eigenvalue weighted by Gasteiger charge is -2.32. The zero-order chi connectivity index (χ0) is 11.4. The van der Waals surface area contributed by atoms with Gasteiger partial charge < -0.3 is 5.32 Å². The van der Waals surface area contributed by atoms with Crippen molar-refractivity contribution in [1.29, 1.82) is 0 Å². The number of aromatic nitrogens is 1. The third-order valence-electron chi connectivity index (χ3n) is 3.28. The molecule has 16 heavy (non-hydrogen) atoms. The van der Waals surface area contributed by atoms with Gasteiger partial charge in [0.05, 0.1) is 0 Å². The maximum absolute atomic E-state index is 4.35. The Morgan fingerprint density at radius 1 is 1.38 bits per heavy atom. The predicted octanol–water partition coefficient (Wildman–Crippen LogP) is 1.23. The van der Waals surface area contributed by atoms with Crippen molar-refractivity contribution in [2.45, 2.75) is 26.3 Å². The molecule has 0 amide bonds. The molecule has 1 aromatic rings. The minimum atomic E-state index is 0.617. The first-order valence-corrected chi connectivity index (χ1v) is 6.12. The van der Waals surface area contributed by atoms with Crippen molar-refractivity contribution < 1.29 is 0 Å². The van der Waals surface area contributed by atoms with Crippen molar-refractivity contribution in [2.75, 3.05) is 26.2 Å². The van der Waals surface area contributed by atoms with Crippen molar-refractivity contribution in [2.24, 2.45) is 0 Å². The Kier molecular flexibility index (Phi) is 3.91. The fourth-order valence-electron chi connectivity index (χ4n) is 2.21. The molecule has 2 heterocycles. The number of hydrogen-bond acceptors (Lipinski definition) is 3. The summed E-state index contributed by atoms with van der Waals surface area (Å²) in [6.45, 7) is 8.92. The molecule has 1 aliphatic heterocycles. The number of pyridine rings is 1. The van der Waals surface area contributed by atoms with Gasteiger partial charge in [-0.3, -0.25) is 9.88 Å². The number of hydrogen-bond donors (Lipinski definition) is 1. The first kappa shape index (κ1) is 11.6. The quantitative estimate of drug-likeness (QED) is 0.828. The summed E-state index contributed by atoms with van der Waals surface area (Å²) in [5.41, 5.74) is 2.44. The van der Waals surface area contributed by atoms with E-state index in [9.17, 15) is 0 Å². The SMILES string of the molecule is Cc1ccc(CC(C)N2CCNCC2)cn1. The normalized spacial score (nSPS) is 19.6. The zero-order valence-corrected chi connectivity index (χ0v) is 10.2. The van der Waals surface area contributed by atoms with Crippen molar-refractivity contribution in [3.63, 3.8) is 0 Å². The molecule has 3 nitrogen and oxygen atoms in total. The van der Waals surface area contributed by atoms with E-state index in [0.717, 1.165) is 25.2 Å². The maximum atomic E-state index is 4.35. The molecule has 1 atom stereocenters. The van der Waals surface area contributed by atoms with Crippen LogP contribution in [0.2, 0.25) is 0 Å². The molecule has 1 aliphatic rings. The van der Waals surface area contributed by atoms with Crippen LogP contribution in [-0.2, 0) is 6.42 Å². The number of nitrogens with zero attached hydrogens (tertiary/aromatic N) is 2. The average molecular weight is 219 g/mol. The van der Waals surface area contributed by atoms with E-state index in [1.807, 2.05) is 13.1 Å². The molecule has 0 bridgehead atoms. The largest absolute Gasteiger partial charge is 0.314 e. The second-order valence-electron chi connectivity index (χ2n) is 4.65. The minimum absolute atomic E-state index is 0.617. The summed E-state index contributed by atoms with van der Waals surface area (Å²) in [6, 6.07) is 4.91. The Hall–Kier alpha value is -0.930.